The number of halogens is 2. The number of carbonyl (C=O) groups excluding carboxylic acids is 1. The first kappa shape index (κ1) is 15.1. The number of carboxylic acid groups (broad SMARTS) is 1. The molecule has 118 valence electrons. The summed E-state index contributed by atoms with van der Waals surface area (Å²) < 4.78 is 26.1. The fourth-order valence-corrected chi connectivity index (χ4v) is 2.69. The number of rotatable bonds is 4. The van der Waals surface area contributed by atoms with E-state index in [2.05, 4.69) is 5.32 Å². The molecule has 2 atom stereocenters. The monoisotopic (exact) mass is 317 g/mol. The second-order valence-corrected chi connectivity index (χ2v) is 5.53. The number of hydrogen-bond donors (Lipinski definition) is 2. The van der Waals surface area contributed by atoms with Crippen LogP contribution in [0.15, 0.2) is 48.5 Å². The summed E-state index contributed by atoms with van der Waals surface area (Å²) in [5, 5.41) is 11.9. The lowest BCUT2D eigenvalue weighted by molar-refractivity contribution is -0.140. The van der Waals surface area contributed by atoms with E-state index in [1.807, 2.05) is 6.07 Å². The van der Waals surface area contributed by atoms with Crippen LogP contribution in [0.2, 0.25) is 0 Å². The first-order valence-electron chi connectivity index (χ1n) is 7.00. The smallest absolute Gasteiger partial charge is 0.330 e. The number of carboxylic acids is 1. The van der Waals surface area contributed by atoms with Crippen molar-refractivity contribution < 1.29 is 23.5 Å². The molecule has 3 rings (SSSR count). The predicted molar refractivity (Wildman–Crippen MR) is 78.0 cm³/mol. The van der Waals surface area contributed by atoms with Gasteiger partial charge in [0.1, 0.15) is 5.54 Å². The Hall–Kier alpha value is -2.76. The maximum absolute atomic E-state index is 13.2. The van der Waals surface area contributed by atoms with Crippen molar-refractivity contribution in [3.05, 3.63) is 71.3 Å². The van der Waals surface area contributed by atoms with Gasteiger partial charge in [-0.15, -0.1) is 0 Å². The largest absolute Gasteiger partial charge is 0.479 e. The summed E-state index contributed by atoms with van der Waals surface area (Å²) in [6, 6.07) is 11.7. The molecule has 0 radical (unpaired) electrons. The van der Waals surface area contributed by atoms with Gasteiger partial charge < -0.3 is 10.4 Å². The molecule has 0 aromatic heterocycles. The van der Waals surface area contributed by atoms with Crippen molar-refractivity contribution in [2.75, 3.05) is 0 Å². The maximum Gasteiger partial charge on any atom is 0.330 e. The van der Waals surface area contributed by atoms with E-state index in [0.29, 0.717) is 0 Å². The molecule has 1 amide bonds. The van der Waals surface area contributed by atoms with Crippen LogP contribution in [0.25, 0.3) is 0 Å². The van der Waals surface area contributed by atoms with E-state index in [1.165, 1.54) is 0 Å². The number of amides is 1. The topological polar surface area (TPSA) is 66.4 Å². The standard InChI is InChI=1S/C17H13F2NO3/c18-13-7-6-11(8-14(13)19)15(21)20-17(16(22)23)9-12(17)10-4-2-1-3-5-10/h1-8,12H,9H2,(H,20,21)(H,22,23). The summed E-state index contributed by atoms with van der Waals surface area (Å²) in [7, 11) is 0. The molecule has 6 heteroatoms. The Labute approximate surface area is 130 Å². The molecule has 2 aromatic rings. The summed E-state index contributed by atoms with van der Waals surface area (Å²) in [5.41, 5.74) is -0.729. The summed E-state index contributed by atoms with van der Waals surface area (Å²) in [4.78, 5) is 23.8. The van der Waals surface area contributed by atoms with Gasteiger partial charge in [-0.25, -0.2) is 13.6 Å². The fourth-order valence-electron chi connectivity index (χ4n) is 2.69. The van der Waals surface area contributed by atoms with Crippen molar-refractivity contribution in [1.82, 2.24) is 5.32 Å². The molecule has 0 saturated heterocycles. The normalized spacial score (nSPS) is 22.4. The van der Waals surface area contributed by atoms with E-state index >= 15 is 0 Å². The number of aliphatic carboxylic acids is 1. The average molecular weight is 317 g/mol. The van der Waals surface area contributed by atoms with E-state index in [9.17, 15) is 23.5 Å². The Morgan fingerprint density at radius 3 is 2.39 bits per heavy atom. The van der Waals surface area contributed by atoms with Crippen molar-refractivity contribution in [2.24, 2.45) is 0 Å². The van der Waals surface area contributed by atoms with Gasteiger partial charge in [-0.2, -0.15) is 0 Å². The third-order valence-electron chi connectivity index (χ3n) is 4.06. The molecule has 2 aromatic carbocycles. The molecule has 23 heavy (non-hydrogen) atoms. The Balaban J connectivity index is 1.83. The van der Waals surface area contributed by atoms with Gasteiger partial charge in [0.05, 0.1) is 0 Å². The predicted octanol–water partition coefficient (Wildman–Crippen LogP) is 2.71. The highest BCUT2D eigenvalue weighted by Gasteiger charge is 2.62. The van der Waals surface area contributed by atoms with Gasteiger partial charge in [-0.05, 0) is 30.2 Å². The molecule has 4 nitrogen and oxygen atoms in total. The molecular weight excluding hydrogens is 304 g/mol. The molecule has 1 aliphatic rings. The summed E-state index contributed by atoms with van der Waals surface area (Å²) in [6.07, 6.45) is 0.252. The molecule has 0 spiro atoms. The van der Waals surface area contributed by atoms with Crippen LogP contribution in [0, 0.1) is 11.6 Å². The fraction of sp³-hybridized carbons (Fsp3) is 0.176. The first-order valence-corrected chi connectivity index (χ1v) is 7.00. The van der Waals surface area contributed by atoms with Gasteiger partial charge >= 0.3 is 5.97 Å². The lowest BCUT2D eigenvalue weighted by atomic mass is 10.1. The zero-order valence-electron chi connectivity index (χ0n) is 11.9. The number of hydrogen-bond acceptors (Lipinski definition) is 2. The molecule has 1 aliphatic carbocycles. The highest BCUT2D eigenvalue weighted by molar-refractivity contribution is 5.99. The first-order chi connectivity index (χ1) is 10.9. The second kappa shape index (κ2) is 5.46. The minimum Gasteiger partial charge on any atom is -0.479 e. The van der Waals surface area contributed by atoms with Crippen molar-refractivity contribution in [3.63, 3.8) is 0 Å². The molecule has 1 saturated carbocycles. The molecule has 2 N–H and O–H groups in total. The highest BCUT2D eigenvalue weighted by atomic mass is 19.2. The third kappa shape index (κ3) is 2.67. The molecule has 0 aliphatic heterocycles. The van der Waals surface area contributed by atoms with Gasteiger partial charge in [0.2, 0.25) is 0 Å². The third-order valence-corrected chi connectivity index (χ3v) is 4.06. The van der Waals surface area contributed by atoms with Crippen molar-refractivity contribution in [1.29, 1.82) is 0 Å². The summed E-state index contributed by atoms with van der Waals surface area (Å²) in [6.45, 7) is 0. The molecule has 2 unspecified atom stereocenters. The minimum atomic E-state index is -1.41. The molecule has 0 heterocycles. The zero-order valence-corrected chi connectivity index (χ0v) is 11.9. The Bertz CT molecular complexity index is 779. The minimum absolute atomic E-state index is 0.122. The van der Waals surface area contributed by atoms with Crippen molar-refractivity contribution in [3.8, 4) is 0 Å². The lowest BCUT2D eigenvalue weighted by Gasteiger charge is -2.15. The second-order valence-electron chi connectivity index (χ2n) is 5.53. The van der Waals surface area contributed by atoms with E-state index in [-0.39, 0.29) is 17.9 Å². The van der Waals surface area contributed by atoms with Gasteiger partial charge in [-0.3, -0.25) is 4.79 Å². The van der Waals surface area contributed by atoms with Crippen LogP contribution in [0.4, 0.5) is 8.78 Å². The van der Waals surface area contributed by atoms with Crippen LogP contribution in [0.3, 0.4) is 0 Å². The van der Waals surface area contributed by atoms with Crippen molar-refractivity contribution >= 4 is 11.9 Å². The van der Waals surface area contributed by atoms with Gasteiger partial charge in [0.25, 0.3) is 5.91 Å². The summed E-state index contributed by atoms with van der Waals surface area (Å²) >= 11 is 0. The summed E-state index contributed by atoms with van der Waals surface area (Å²) in [5.74, 6) is -4.47. The number of nitrogens with one attached hydrogen (secondary N) is 1. The van der Waals surface area contributed by atoms with Crippen LogP contribution < -0.4 is 5.32 Å². The molecule has 1 fully saturated rings. The highest BCUT2D eigenvalue weighted by Crippen LogP contribution is 2.51. The van der Waals surface area contributed by atoms with Gasteiger partial charge in [-0.1, -0.05) is 30.3 Å². The maximum atomic E-state index is 13.2. The van der Waals surface area contributed by atoms with E-state index in [4.69, 9.17) is 0 Å². The number of carbonyl (C=O) groups is 2. The molecular formula is C17H13F2NO3. The van der Waals surface area contributed by atoms with E-state index < -0.39 is 29.0 Å². The van der Waals surface area contributed by atoms with Crippen LogP contribution >= 0.6 is 0 Å². The van der Waals surface area contributed by atoms with Gasteiger partial charge in [0.15, 0.2) is 11.6 Å². The Morgan fingerprint density at radius 1 is 1.09 bits per heavy atom. The lowest BCUT2D eigenvalue weighted by Crippen LogP contribution is -2.44. The van der Waals surface area contributed by atoms with Gasteiger partial charge in [0, 0.05) is 11.5 Å². The van der Waals surface area contributed by atoms with Crippen LogP contribution in [0.5, 0.6) is 0 Å². The van der Waals surface area contributed by atoms with Crippen LogP contribution in [-0.2, 0) is 4.79 Å². The van der Waals surface area contributed by atoms with Crippen molar-refractivity contribution in [2.45, 2.75) is 17.9 Å². The Kier molecular flexibility index (Phi) is 3.60. The Morgan fingerprint density at radius 2 is 1.78 bits per heavy atom. The number of benzene rings is 2. The quantitative estimate of drug-likeness (QED) is 0.911. The van der Waals surface area contributed by atoms with Crippen LogP contribution in [-0.4, -0.2) is 22.5 Å². The van der Waals surface area contributed by atoms with E-state index in [1.54, 1.807) is 24.3 Å². The van der Waals surface area contributed by atoms with Crippen LogP contribution in [0.1, 0.15) is 28.3 Å². The molecule has 0 bridgehead atoms. The van der Waals surface area contributed by atoms with E-state index in [0.717, 1.165) is 23.8 Å². The average Bonchev–Trinajstić information content (AvgIpc) is 3.26. The SMILES string of the molecule is O=C(NC1(C(=O)O)CC1c1ccccc1)c1ccc(F)c(F)c1. The zero-order chi connectivity index (χ0) is 16.6.